The molecule has 224 valence electrons. The van der Waals surface area contributed by atoms with Gasteiger partial charge in [-0.15, -0.1) is 34.4 Å². The number of thiophene rings is 2. The van der Waals surface area contributed by atoms with Crippen LogP contribution >= 0.6 is 34.4 Å². The molecule has 44 heavy (non-hydrogen) atoms. The van der Waals surface area contributed by atoms with Crippen molar-refractivity contribution in [3.63, 3.8) is 0 Å². The molecule has 12 heteroatoms. The van der Waals surface area contributed by atoms with Crippen molar-refractivity contribution in [2.24, 2.45) is 0 Å². The van der Waals surface area contributed by atoms with Crippen LogP contribution in [0.25, 0.3) is 43.0 Å². The number of thioether (sulfide) groups is 1. The second-order valence-corrected chi connectivity index (χ2v) is 13.1. The quantitative estimate of drug-likeness (QED) is 0.0715. The second-order valence-electron chi connectivity index (χ2n) is 9.60. The first-order valence-corrected chi connectivity index (χ1v) is 16.6. The molecule has 0 N–H and O–H groups in total. The molecule has 0 unspecified atom stereocenters. The molecule has 5 aromatic heterocycles. The number of fused-ring (bicyclic) bond motifs is 1. The van der Waals surface area contributed by atoms with E-state index in [0.29, 0.717) is 54.7 Å². The van der Waals surface area contributed by atoms with Crippen LogP contribution in [0.5, 0.6) is 23.0 Å². The first-order valence-electron chi connectivity index (χ1n) is 14.0. The smallest absolute Gasteiger partial charge is 0.298 e. The summed E-state index contributed by atoms with van der Waals surface area (Å²) in [4.78, 5) is 38.9. The van der Waals surface area contributed by atoms with E-state index in [-0.39, 0.29) is 5.75 Å². The molecule has 1 aliphatic rings. The number of hydrogen-bond acceptors (Lipinski definition) is 12. The standard InChI is InChI=1S/C32H27N3O6S3/c1-2-3-4-13-42-28-6-5-27(43-28)32-30-29(38-11-12-39-30)31(44-32)20-7-9-33-23(14-20)25-16-22(41-19-37)17-26(35-25)24-15-21(40-18-36)8-10-34-24/h5-10,14-19H,2-4,11-13H2,1H3. The van der Waals surface area contributed by atoms with Gasteiger partial charge in [0.2, 0.25) is 0 Å². The number of pyridine rings is 3. The van der Waals surface area contributed by atoms with Crippen LogP contribution in [0.1, 0.15) is 26.2 Å². The van der Waals surface area contributed by atoms with Crippen molar-refractivity contribution >= 4 is 47.4 Å². The van der Waals surface area contributed by atoms with Crippen LogP contribution in [-0.2, 0) is 9.59 Å². The molecule has 0 aliphatic carbocycles. The van der Waals surface area contributed by atoms with E-state index in [2.05, 4.69) is 29.0 Å². The molecule has 0 saturated heterocycles. The van der Waals surface area contributed by atoms with Gasteiger partial charge in [0.15, 0.2) is 11.5 Å². The molecule has 0 fully saturated rings. The zero-order valence-corrected chi connectivity index (χ0v) is 26.1. The largest absolute Gasteiger partial charge is 0.485 e. The minimum absolute atomic E-state index is 0.268. The van der Waals surface area contributed by atoms with Crippen molar-refractivity contribution in [1.82, 2.24) is 15.0 Å². The first-order chi connectivity index (χ1) is 21.7. The van der Waals surface area contributed by atoms with Gasteiger partial charge in [-0.1, -0.05) is 19.8 Å². The van der Waals surface area contributed by atoms with Crippen LogP contribution in [0, 0.1) is 0 Å². The SMILES string of the molecule is CCCCCSc1ccc(-c2sc(-c3ccnc(-c4cc(OC=O)cc(-c5cc(OC=O)ccn5)n4)c3)c3c2OCCO3)s1. The first kappa shape index (κ1) is 29.8. The number of unbranched alkanes of at least 4 members (excludes halogenated alkanes) is 2. The van der Waals surface area contributed by atoms with E-state index in [1.807, 2.05) is 23.9 Å². The van der Waals surface area contributed by atoms with Crippen molar-refractivity contribution in [3.05, 3.63) is 60.9 Å². The molecule has 5 aromatic rings. The van der Waals surface area contributed by atoms with Crippen molar-refractivity contribution in [1.29, 1.82) is 0 Å². The van der Waals surface area contributed by atoms with Gasteiger partial charge in [-0.2, -0.15) is 0 Å². The van der Waals surface area contributed by atoms with E-state index in [9.17, 15) is 9.59 Å². The van der Waals surface area contributed by atoms with E-state index >= 15 is 0 Å². The topological polar surface area (TPSA) is 110 Å². The second kappa shape index (κ2) is 14.0. The Labute approximate surface area is 266 Å². The van der Waals surface area contributed by atoms with Gasteiger partial charge in [0.1, 0.15) is 24.7 Å². The predicted molar refractivity (Wildman–Crippen MR) is 172 cm³/mol. The highest BCUT2D eigenvalue weighted by Crippen LogP contribution is 2.55. The summed E-state index contributed by atoms with van der Waals surface area (Å²) in [5.41, 5.74) is 2.76. The predicted octanol–water partition coefficient (Wildman–Crippen LogP) is 7.79. The van der Waals surface area contributed by atoms with Gasteiger partial charge in [0.25, 0.3) is 12.9 Å². The summed E-state index contributed by atoms with van der Waals surface area (Å²) in [5, 5.41) is 0. The third-order valence-electron chi connectivity index (χ3n) is 6.64. The van der Waals surface area contributed by atoms with Gasteiger partial charge in [-0.05, 0) is 48.1 Å². The molecule has 6 heterocycles. The Morgan fingerprint density at radius 2 is 1.48 bits per heavy atom. The van der Waals surface area contributed by atoms with E-state index in [1.165, 1.54) is 29.7 Å². The van der Waals surface area contributed by atoms with E-state index < -0.39 is 0 Å². The maximum absolute atomic E-state index is 11.2. The van der Waals surface area contributed by atoms with Crippen LogP contribution < -0.4 is 18.9 Å². The van der Waals surface area contributed by atoms with Crippen LogP contribution in [0.2, 0.25) is 0 Å². The zero-order chi connectivity index (χ0) is 30.3. The van der Waals surface area contributed by atoms with Gasteiger partial charge in [-0.25, -0.2) is 4.98 Å². The third kappa shape index (κ3) is 6.62. The van der Waals surface area contributed by atoms with Gasteiger partial charge >= 0.3 is 0 Å². The number of carbonyl (C=O) groups is 2. The van der Waals surface area contributed by atoms with Crippen molar-refractivity contribution in [2.45, 2.75) is 30.4 Å². The summed E-state index contributed by atoms with van der Waals surface area (Å²) in [7, 11) is 0. The summed E-state index contributed by atoms with van der Waals surface area (Å²) in [6.07, 6.45) is 6.89. The van der Waals surface area contributed by atoms with Crippen LogP contribution in [0.3, 0.4) is 0 Å². The fourth-order valence-electron chi connectivity index (χ4n) is 4.63. The van der Waals surface area contributed by atoms with Crippen LogP contribution in [0.4, 0.5) is 0 Å². The lowest BCUT2D eigenvalue weighted by molar-refractivity contribution is -0.121. The summed E-state index contributed by atoms with van der Waals surface area (Å²) < 4.78 is 23.8. The highest BCUT2D eigenvalue weighted by molar-refractivity contribution is 8.01. The highest BCUT2D eigenvalue weighted by atomic mass is 32.2. The Kier molecular flexibility index (Phi) is 9.49. The van der Waals surface area contributed by atoms with Crippen LogP contribution in [0.15, 0.2) is 65.1 Å². The van der Waals surface area contributed by atoms with E-state index in [1.54, 1.807) is 53.1 Å². The number of ether oxygens (including phenoxy) is 4. The normalized spacial score (nSPS) is 12.1. The fourth-order valence-corrected chi connectivity index (χ4v) is 8.13. The molecule has 0 amide bonds. The summed E-state index contributed by atoms with van der Waals surface area (Å²) >= 11 is 5.30. The number of aromatic nitrogens is 3. The monoisotopic (exact) mass is 645 g/mol. The van der Waals surface area contributed by atoms with Crippen LogP contribution in [-0.4, -0.2) is 46.9 Å². The van der Waals surface area contributed by atoms with Gasteiger partial charge in [0, 0.05) is 35.5 Å². The van der Waals surface area contributed by atoms with Gasteiger partial charge in [-0.3, -0.25) is 19.6 Å². The molecule has 0 atom stereocenters. The maximum Gasteiger partial charge on any atom is 0.298 e. The lowest BCUT2D eigenvalue weighted by Gasteiger charge is -2.17. The van der Waals surface area contributed by atoms with Crippen molar-refractivity contribution < 1.29 is 28.5 Å². The molecule has 6 rings (SSSR count). The Hall–Kier alpha value is -4.26. The Morgan fingerprint density at radius 3 is 2.23 bits per heavy atom. The average Bonchev–Trinajstić information content (AvgIpc) is 3.69. The molecular formula is C32H27N3O6S3. The van der Waals surface area contributed by atoms with E-state index in [0.717, 1.165) is 37.4 Å². The Balaban J connectivity index is 1.36. The lowest BCUT2D eigenvalue weighted by atomic mass is 10.1. The highest BCUT2D eigenvalue weighted by Gasteiger charge is 2.27. The Bertz CT molecular complexity index is 1790. The lowest BCUT2D eigenvalue weighted by Crippen LogP contribution is -2.14. The fraction of sp³-hybridized carbons (Fsp3) is 0.219. The van der Waals surface area contributed by atoms with Crippen molar-refractivity contribution in [3.8, 4) is 66.0 Å². The Morgan fingerprint density at radius 1 is 0.795 bits per heavy atom. The molecule has 0 bridgehead atoms. The number of rotatable bonds is 13. The molecule has 0 spiro atoms. The number of nitrogens with zero attached hydrogens (tertiary/aromatic N) is 3. The van der Waals surface area contributed by atoms with Crippen molar-refractivity contribution in [2.75, 3.05) is 19.0 Å². The molecular weight excluding hydrogens is 619 g/mol. The number of carbonyl (C=O) groups excluding carboxylic acids is 2. The molecule has 9 nitrogen and oxygen atoms in total. The summed E-state index contributed by atoms with van der Waals surface area (Å²) in [6, 6.07) is 14.5. The number of hydrogen-bond donors (Lipinski definition) is 0. The van der Waals surface area contributed by atoms with Gasteiger partial charge < -0.3 is 18.9 Å². The summed E-state index contributed by atoms with van der Waals surface area (Å²) in [5.74, 6) is 3.18. The zero-order valence-electron chi connectivity index (χ0n) is 23.7. The molecule has 1 aliphatic heterocycles. The average molecular weight is 646 g/mol. The van der Waals surface area contributed by atoms with Gasteiger partial charge in [0.05, 0.1) is 36.7 Å². The minimum Gasteiger partial charge on any atom is -0.485 e. The molecule has 0 radical (unpaired) electrons. The maximum atomic E-state index is 11.2. The molecule has 0 saturated carbocycles. The molecule has 0 aromatic carbocycles. The third-order valence-corrected chi connectivity index (χ3v) is 10.4. The minimum atomic E-state index is 0.268. The summed E-state index contributed by atoms with van der Waals surface area (Å²) in [6.45, 7) is 3.87. The van der Waals surface area contributed by atoms with E-state index in [4.69, 9.17) is 23.9 Å².